The van der Waals surface area contributed by atoms with E-state index in [2.05, 4.69) is 4.90 Å². The Morgan fingerprint density at radius 1 is 1.21 bits per heavy atom. The van der Waals surface area contributed by atoms with Crippen molar-refractivity contribution >= 4 is 11.5 Å². The number of ketones is 1. The van der Waals surface area contributed by atoms with Gasteiger partial charge in [0.1, 0.15) is 17.3 Å². The molecule has 1 aromatic rings. The third kappa shape index (κ3) is 4.16. The van der Waals surface area contributed by atoms with Crippen molar-refractivity contribution in [3.05, 3.63) is 17.7 Å². The Bertz CT molecular complexity index is 443. The lowest BCUT2D eigenvalue weighted by molar-refractivity contribution is -0.117. The van der Waals surface area contributed by atoms with Crippen LogP contribution in [-0.4, -0.2) is 33.6 Å². The lowest BCUT2D eigenvalue weighted by Crippen LogP contribution is -2.20. The first-order valence-corrected chi connectivity index (χ1v) is 6.42. The molecule has 0 amide bonds. The summed E-state index contributed by atoms with van der Waals surface area (Å²) in [6.07, 6.45) is 1.45. The summed E-state index contributed by atoms with van der Waals surface area (Å²) >= 11 is 0. The molecule has 0 heterocycles. The van der Waals surface area contributed by atoms with Gasteiger partial charge >= 0.3 is 0 Å². The van der Waals surface area contributed by atoms with Crippen molar-refractivity contribution < 1.29 is 14.3 Å². The van der Waals surface area contributed by atoms with Gasteiger partial charge in [-0.25, -0.2) is 0 Å². The van der Waals surface area contributed by atoms with Crippen molar-refractivity contribution in [3.63, 3.8) is 0 Å². The number of methoxy groups -OCH3 is 2. The quantitative estimate of drug-likeness (QED) is 0.760. The molecule has 106 valence electrons. The highest BCUT2D eigenvalue weighted by atomic mass is 16.5. The SMILES string of the molecule is COc1cc(N(C)CCCC(C)=O)c(OC)cc1C. The van der Waals surface area contributed by atoms with Crippen LogP contribution in [0.1, 0.15) is 25.3 Å². The zero-order valence-electron chi connectivity index (χ0n) is 12.4. The van der Waals surface area contributed by atoms with Crippen LogP contribution in [0.5, 0.6) is 11.5 Å². The van der Waals surface area contributed by atoms with E-state index < -0.39 is 0 Å². The number of carbonyl (C=O) groups excluding carboxylic acids is 1. The maximum Gasteiger partial charge on any atom is 0.142 e. The van der Waals surface area contributed by atoms with Crippen molar-refractivity contribution in [2.24, 2.45) is 0 Å². The smallest absolute Gasteiger partial charge is 0.142 e. The monoisotopic (exact) mass is 265 g/mol. The van der Waals surface area contributed by atoms with Gasteiger partial charge < -0.3 is 19.2 Å². The molecule has 4 nitrogen and oxygen atoms in total. The minimum absolute atomic E-state index is 0.224. The van der Waals surface area contributed by atoms with E-state index in [4.69, 9.17) is 9.47 Å². The molecule has 0 fully saturated rings. The molecule has 0 radical (unpaired) electrons. The van der Waals surface area contributed by atoms with Gasteiger partial charge in [-0.15, -0.1) is 0 Å². The summed E-state index contributed by atoms with van der Waals surface area (Å²) in [5.74, 6) is 1.89. The van der Waals surface area contributed by atoms with Crippen LogP contribution in [0.15, 0.2) is 12.1 Å². The van der Waals surface area contributed by atoms with Crippen LogP contribution in [-0.2, 0) is 4.79 Å². The summed E-state index contributed by atoms with van der Waals surface area (Å²) in [5, 5.41) is 0. The molecule has 19 heavy (non-hydrogen) atoms. The van der Waals surface area contributed by atoms with E-state index in [1.54, 1.807) is 21.1 Å². The minimum Gasteiger partial charge on any atom is -0.496 e. The van der Waals surface area contributed by atoms with Crippen molar-refractivity contribution in [3.8, 4) is 11.5 Å². The van der Waals surface area contributed by atoms with Gasteiger partial charge in [0, 0.05) is 26.1 Å². The van der Waals surface area contributed by atoms with E-state index in [0.29, 0.717) is 6.42 Å². The van der Waals surface area contributed by atoms with Gasteiger partial charge in [-0.2, -0.15) is 0 Å². The van der Waals surface area contributed by atoms with Gasteiger partial charge in [0.25, 0.3) is 0 Å². The van der Waals surface area contributed by atoms with Crippen molar-refractivity contribution in [1.82, 2.24) is 0 Å². The maximum atomic E-state index is 11.0. The van der Waals surface area contributed by atoms with Crippen LogP contribution in [0.3, 0.4) is 0 Å². The summed E-state index contributed by atoms with van der Waals surface area (Å²) in [6.45, 7) is 4.42. The number of nitrogens with zero attached hydrogens (tertiary/aromatic N) is 1. The average Bonchev–Trinajstić information content (AvgIpc) is 2.37. The fourth-order valence-electron chi connectivity index (χ4n) is 2.02. The Morgan fingerprint density at radius 3 is 2.37 bits per heavy atom. The van der Waals surface area contributed by atoms with Gasteiger partial charge in [0.2, 0.25) is 0 Å². The second kappa shape index (κ2) is 7.02. The van der Waals surface area contributed by atoms with E-state index >= 15 is 0 Å². The molecule has 0 aliphatic heterocycles. The van der Waals surface area contributed by atoms with Gasteiger partial charge in [0.15, 0.2) is 0 Å². The zero-order valence-corrected chi connectivity index (χ0v) is 12.4. The predicted octanol–water partition coefficient (Wildman–Crippen LogP) is 2.82. The fraction of sp³-hybridized carbons (Fsp3) is 0.533. The lowest BCUT2D eigenvalue weighted by Gasteiger charge is -2.23. The number of carbonyl (C=O) groups is 1. The molecule has 0 N–H and O–H groups in total. The van der Waals surface area contributed by atoms with Gasteiger partial charge in [-0.1, -0.05) is 0 Å². The third-order valence-corrected chi connectivity index (χ3v) is 3.13. The molecule has 0 atom stereocenters. The van der Waals surface area contributed by atoms with Crippen LogP contribution < -0.4 is 14.4 Å². The molecule has 0 aliphatic rings. The summed E-state index contributed by atoms with van der Waals surface area (Å²) in [6, 6.07) is 3.94. The van der Waals surface area contributed by atoms with E-state index in [-0.39, 0.29) is 5.78 Å². The molecule has 0 bridgehead atoms. The molecule has 0 spiro atoms. The standard InChI is InChI=1S/C15H23NO3/c1-11-9-15(19-5)13(10-14(11)18-4)16(3)8-6-7-12(2)17/h9-10H,6-8H2,1-5H3. The second-order valence-electron chi connectivity index (χ2n) is 4.72. The zero-order chi connectivity index (χ0) is 14.4. The first kappa shape index (κ1) is 15.3. The fourth-order valence-corrected chi connectivity index (χ4v) is 2.02. The number of aryl methyl sites for hydroxylation is 1. The predicted molar refractivity (Wildman–Crippen MR) is 77.5 cm³/mol. The van der Waals surface area contributed by atoms with Gasteiger partial charge in [-0.05, 0) is 31.9 Å². The summed E-state index contributed by atoms with van der Waals surface area (Å²) in [5.41, 5.74) is 2.02. The minimum atomic E-state index is 0.224. The highest BCUT2D eigenvalue weighted by Gasteiger charge is 2.12. The second-order valence-corrected chi connectivity index (χ2v) is 4.72. The Morgan fingerprint density at radius 2 is 1.84 bits per heavy atom. The molecule has 1 rings (SSSR count). The van der Waals surface area contributed by atoms with Crippen molar-refractivity contribution in [2.75, 3.05) is 32.7 Å². The van der Waals surface area contributed by atoms with Gasteiger partial charge in [-0.3, -0.25) is 0 Å². The van der Waals surface area contributed by atoms with Crippen LogP contribution in [0.25, 0.3) is 0 Å². The average molecular weight is 265 g/mol. The van der Waals surface area contributed by atoms with Crippen molar-refractivity contribution in [2.45, 2.75) is 26.7 Å². The highest BCUT2D eigenvalue weighted by molar-refractivity contribution is 5.75. The number of ether oxygens (including phenoxy) is 2. The number of hydrogen-bond acceptors (Lipinski definition) is 4. The molecule has 1 aromatic carbocycles. The largest absolute Gasteiger partial charge is 0.496 e. The Kier molecular flexibility index (Phi) is 5.67. The normalized spacial score (nSPS) is 10.2. The van der Waals surface area contributed by atoms with Crippen LogP contribution in [0.4, 0.5) is 5.69 Å². The number of benzene rings is 1. The molecule has 0 aliphatic carbocycles. The first-order valence-electron chi connectivity index (χ1n) is 6.42. The Labute approximate surface area is 115 Å². The molecule has 0 unspecified atom stereocenters. The van der Waals surface area contributed by atoms with Crippen LogP contribution >= 0.6 is 0 Å². The highest BCUT2D eigenvalue weighted by Crippen LogP contribution is 2.34. The van der Waals surface area contributed by atoms with Gasteiger partial charge in [0.05, 0.1) is 19.9 Å². The summed E-state index contributed by atoms with van der Waals surface area (Å²) in [4.78, 5) is 13.1. The van der Waals surface area contributed by atoms with E-state index in [1.165, 1.54) is 0 Å². The Hall–Kier alpha value is -1.71. The maximum absolute atomic E-state index is 11.0. The Balaban J connectivity index is 2.87. The third-order valence-electron chi connectivity index (χ3n) is 3.13. The van der Waals surface area contributed by atoms with Crippen LogP contribution in [0.2, 0.25) is 0 Å². The number of anilines is 1. The van der Waals surface area contributed by atoms with E-state index in [9.17, 15) is 4.79 Å². The molecule has 4 heteroatoms. The van der Waals surface area contributed by atoms with Crippen LogP contribution in [0, 0.1) is 6.92 Å². The summed E-state index contributed by atoms with van der Waals surface area (Å²) in [7, 11) is 5.31. The number of hydrogen-bond donors (Lipinski definition) is 0. The number of rotatable bonds is 7. The lowest BCUT2D eigenvalue weighted by atomic mass is 10.1. The molecule has 0 saturated carbocycles. The molecule has 0 saturated heterocycles. The number of Topliss-reactive ketones (excluding diaryl/α,β-unsaturated/α-hetero) is 1. The molecular formula is C15H23NO3. The molecular weight excluding hydrogens is 242 g/mol. The molecule has 0 aromatic heterocycles. The van der Waals surface area contributed by atoms with E-state index in [0.717, 1.165) is 35.7 Å². The van der Waals surface area contributed by atoms with E-state index in [1.807, 2.05) is 26.1 Å². The topological polar surface area (TPSA) is 38.8 Å². The summed E-state index contributed by atoms with van der Waals surface area (Å²) < 4.78 is 10.8. The van der Waals surface area contributed by atoms with Crippen molar-refractivity contribution in [1.29, 1.82) is 0 Å². The first-order chi connectivity index (χ1) is 8.99.